The van der Waals surface area contributed by atoms with Gasteiger partial charge in [0, 0.05) is 24.4 Å². The van der Waals surface area contributed by atoms with E-state index >= 15 is 0 Å². The van der Waals surface area contributed by atoms with E-state index in [0.29, 0.717) is 5.69 Å². The van der Waals surface area contributed by atoms with Crippen molar-refractivity contribution in [3.63, 3.8) is 0 Å². The molecule has 1 atom stereocenters. The fraction of sp³-hybridized carbons (Fsp3) is 0.400. The van der Waals surface area contributed by atoms with Crippen LogP contribution in [0, 0.1) is 6.92 Å². The molecule has 3 rings (SSSR count). The smallest absolute Gasteiger partial charge is 0.268 e. The molecular weight excluding hydrogens is 268 g/mol. The Morgan fingerprint density at radius 1 is 1.48 bits per heavy atom. The molecule has 21 heavy (non-hydrogen) atoms. The van der Waals surface area contributed by atoms with Crippen molar-refractivity contribution in [1.82, 2.24) is 20.1 Å². The highest BCUT2D eigenvalue weighted by atomic mass is 16.2. The molecule has 1 amide bonds. The van der Waals surface area contributed by atoms with Gasteiger partial charge in [-0.2, -0.15) is 5.10 Å². The first kappa shape index (κ1) is 13.6. The van der Waals surface area contributed by atoms with Crippen molar-refractivity contribution in [2.24, 2.45) is 7.05 Å². The maximum absolute atomic E-state index is 12.3. The molecule has 0 bridgehead atoms. The zero-order valence-electron chi connectivity index (χ0n) is 12.1. The molecule has 1 aliphatic carbocycles. The fourth-order valence-electron chi connectivity index (χ4n) is 2.90. The van der Waals surface area contributed by atoms with Crippen LogP contribution in [0.1, 0.15) is 46.2 Å². The van der Waals surface area contributed by atoms with E-state index in [4.69, 9.17) is 0 Å². The molecule has 0 aliphatic heterocycles. The van der Waals surface area contributed by atoms with Crippen LogP contribution in [-0.2, 0) is 13.5 Å². The minimum Gasteiger partial charge on any atom is -0.344 e. The molecule has 2 aromatic heterocycles. The van der Waals surface area contributed by atoms with Gasteiger partial charge < -0.3 is 10.3 Å². The monoisotopic (exact) mass is 286 g/mol. The minimum absolute atomic E-state index is 0.0426. The van der Waals surface area contributed by atoms with E-state index in [-0.39, 0.29) is 17.5 Å². The average molecular weight is 286 g/mol. The predicted molar refractivity (Wildman–Crippen MR) is 78.2 cm³/mol. The number of amides is 1. The summed E-state index contributed by atoms with van der Waals surface area (Å²) >= 11 is 0. The lowest BCUT2D eigenvalue weighted by atomic mass is 9.93. The summed E-state index contributed by atoms with van der Waals surface area (Å²) in [5, 5.41) is 7.26. The number of carbonyl (C=O) groups is 1. The van der Waals surface area contributed by atoms with Gasteiger partial charge in [0.25, 0.3) is 5.91 Å². The number of carbonyl (C=O) groups excluding carboxylic acids is 1. The Balaban J connectivity index is 1.84. The van der Waals surface area contributed by atoms with Gasteiger partial charge in [0.05, 0.1) is 12.2 Å². The fourth-order valence-corrected chi connectivity index (χ4v) is 2.90. The molecule has 110 valence electrons. The number of hydrogen-bond donors (Lipinski definition) is 2. The van der Waals surface area contributed by atoms with Crippen LogP contribution in [-0.4, -0.2) is 20.7 Å². The Morgan fingerprint density at radius 3 is 3.05 bits per heavy atom. The van der Waals surface area contributed by atoms with Crippen LogP contribution in [0.4, 0.5) is 0 Å². The number of aromatic amines is 1. The van der Waals surface area contributed by atoms with Gasteiger partial charge >= 0.3 is 0 Å². The van der Waals surface area contributed by atoms with E-state index in [2.05, 4.69) is 15.4 Å². The van der Waals surface area contributed by atoms with Crippen LogP contribution in [0.3, 0.4) is 0 Å². The van der Waals surface area contributed by atoms with Crippen LogP contribution >= 0.6 is 0 Å². The Bertz CT molecular complexity index is 744. The molecule has 0 fully saturated rings. The third kappa shape index (κ3) is 2.61. The number of hydrogen-bond acceptors (Lipinski definition) is 3. The van der Waals surface area contributed by atoms with Gasteiger partial charge in [0.1, 0.15) is 5.69 Å². The number of aryl methyl sites for hydroxylation is 2. The van der Waals surface area contributed by atoms with Crippen LogP contribution in [0.25, 0.3) is 0 Å². The first-order valence-electron chi connectivity index (χ1n) is 7.07. The maximum atomic E-state index is 12.3. The highest BCUT2D eigenvalue weighted by Crippen LogP contribution is 2.29. The van der Waals surface area contributed by atoms with E-state index in [9.17, 15) is 9.59 Å². The van der Waals surface area contributed by atoms with Crippen molar-refractivity contribution in [1.29, 1.82) is 0 Å². The summed E-state index contributed by atoms with van der Waals surface area (Å²) < 4.78 is 1.86. The summed E-state index contributed by atoms with van der Waals surface area (Å²) in [5.74, 6) is -0.252. The largest absolute Gasteiger partial charge is 0.344 e. The number of rotatable bonds is 2. The second-order valence-electron chi connectivity index (χ2n) is 5.52. The van der Waals surface area contributed by atoms with E-state index in [1.165, 1.54) is 11.8 Å². The van der Waals surface area contributed by atoms with Gasteiger partial charge in [-0.05, 0) is 37.8 Å². The summed E-state index contributed by atoms with van der Waals surface area (Å²) in [5.41, 5.74) is 3.06. The van der Waals surface area contributed by atoms with E-state index in [1.807, 2.05) is 17.9 Å². The molecule has 6 heteroatoms. The van der Waals surface area contributed by atoms with Crippen LogP contribution in [0.5, 0.6) is 0 Å². The lowest BCUT2D eigenvalue weighted by Gasteiger charge is -2.23. The standard InChI is InChI=1S/C15H18N4O2/c1-9-6-12(17-14(20)7-9)15(21)18-11-4-3-5-13-10(11)8-16-19(13)2/h6-8,11H,3-5H2,1-2H3,(H,17,20)(H,18,21). The van der Waals surface area contributed by atoms with Gasteiger partial charge in [-0.3, -0.25) is 14.3 Å². The first-order chi connectivity index (χ1) is 10.0. The summed E-state index contributed by atoms with van der Waals surface area (Å²) in [4.78, 5) is 26.4. The van der Waals surface area contributed by atoms with E-state index in [0.717, 1.165) is 30.4 Å². The van der Waals surface area contributed by atoms with Crippen LogP contribution in [0.15, 0.2) is 23.1 Å². The van der Waals surface area contributed by atoms with Gasteiger partial charge in [-0.15, -0.1) is 0 Å². The summed E-state index contributed by atoms with van der Waals surface area (Å²) in [7, 11) is 1.92. The first-order valence-corrected chi connectivity index (χ1v) is 7.07. The number of nitrogens with one attached hydrogen (secondary N) is 2. The highest BCUT2D eigenvalue weighted by Gasteiger charge is 2.25. The second kappa shape index (κ2) is 5.20. The normalized spacial score (nSPS) is 17.3. The van der Waals surface area contributed by atoms with Crippen molar-refractivity contribution in [2.45, 2.75) is 32.2 Å². The Morgan fingerprint density at radius 2 is 2.29 bits per heavy atom. The molecule has 0 aromatic carbocycles. The third-order valence-corrected chi connectivity index (χ3v) is 3.91. The second-order valence-corrected chi connectivity index (χ2v) is 5.52. The summed E-state index contributed by atoms with van der Waals surface area (Å²) in [6.45, 7) is 1.80. The molecule has 0 saturated heterocycles. The lowest BCUT2D eigenvalue weighted by molar-refractivity contribution is 0.0927. The quantitative estimate of drug-likeness (QED) is 0.871. The van der Waals surface area contributed by atoms with Crippen LogP contribution < -0.4 is 10.9 Å². The maximum Gasteiger partial charge on any atom is 0.268 e. The molecule has 0 radical (unpaired) electrons. The van der Waals surface area contributed by atoms with Crippen molar-refractivity contribution < 1.29 is 4.79 Å². The summed E-state index contributed by atoms with van der Waals surface area (Å²) in [6.07, 6.45) is 4.71. The SMILES string of the molecule is Cc1cc(C(=O)NC2CCCc3c2cnn3C)[nH]c(=O)c1. The van der Waals surface area contributed by atoms with Gasteiger partial charge in [0.15, 0.2) is 0 Å². The van der Waals surface area contributed by atoms with E-state index < -0.39 is 0 Å². The Hall–Kier alpha value is -2.37. The minimum atomic E-state index is -0.258. The van der Waals surface area contributed by atoms with Crippen LogP contribution in [0.2, 0.25) is 0 Å². The zero-order valence-corrected chi connectivity index (χ0v) is 12.1. The summed E-state index contributed by atoms with van der Waals surface area (Å²) in [6, 6.07) is 3.11. The molecule has 2 N–H and O–H groups in total. The number of fused-ring (bicyclic) bond motifs is 1. The van der Waals surface area contributed by atoms with Crippen molar-refractivity contribution in [2.75, 3.05) is 0 Å². The molecule has 0 saturated carbocycles. The average Bonchev–Trinajstić information content (AvgIpc) is 2.81. The molecular formula is C15H18N4O2. The lowest BCUT2D eigenvalue weighted by Crippen LogP contribution is -2.32. The predicted octanol–water partition coefficient (Wildman–Crippen LogP) is 1.22. The van der Waals surface area contributed by atoms with Gasteiger partial charge in [0.2, 0.25) is 5.56 Å². The topological polar surface area (TPSA) is 79.8 Å². The molecule has 6 nitrogen and oxygen atoms in total. The Labute approximate surface area is 122 Å². The van der Waals surface area contributed by atoms with E-state index in [1.54, 1.807) is 13.0 Å². The zero-order chi connectivity index (χ0) is 15.0. The third-order valence-electron chi connectivity index (χ3n) is 3.91. The molecule has 2 aromatic rings. The van der Waals surface area contributed by atoms with Gasteiger partial charge in [-0.1, -0.05) is 0 Å². The number of H-pyrrole nitrogens is 1. The molecule has 1 unspecified atom stereocenters. The number of nitrogens with zero attached hydrogens (tertiary/aromatic N) is 2. The van der Waals surface area contributed by atoms with Crippen molar-refractivity contribution >= 4 is 5.91 Å². The number of aromatic nitrogens is 3. The molecule has 0 spiro atoms. The highest BCUT2D eigenvalue weighted by molar-refractivity contribution is 5.92. The van der Waals surface area contributed by atoms with Gasteiger partial charge in [-0.25, -0.2) is 0 Å². The molecule has 2 heterocycles. The molecule has 1 aliphatic rings. The number of pyridine rings is 1. The van der Waals surface area contributed by atoms with Crippen molar-refractivity contribution in [3.05, 3.63) is 51.2 Å². The van der Waals surface area contributed by atoms with Crippen molar-refractivity contribution in [3.8, 4) is 0 Å². The Kier molecular flexibility index (Phi) is 3.37.